The summed E-state index contributed by atoms with van der Waals surface area (Å²) in [6.45, 7) is 7.12. The number of hydrogen-bond acceptors (Lipinski definition) is 2. The highest BCUT2D eigenvalue weighted by Gasteiger charge is 2.20. The Balaban J connectivity index is 2.78. The van der Waals surface area contributed by atoms with E-state index in [9.17, 15) is 4.79 Å². The van der Waals surface area contributed by atoms with Crippen molar-refractivity contribution in [1.82, 2.24) is 4.90 Å². The van der Waals surface area contributed by atoms with Crippen LogP contribution in [-0.2, 0) is 0 Å². The monoisotopic (exact) mass is 367 g/mol. The Morgan fingerprint density at radius 2 is 2.00 bits per heavy atom. The fraction of sp³-hybridized carbons (Fsp3) is 0.545. The molecular formula is C11H15Br2NOS. The number of carbonyl (C=O) groups excluding carboxylic acids is 1. The van der Waals surface area contributed by atoms with Crippen molar-refractivity contribution in [2.75, 3.05) is 13.6 Å². The minimum absolute atomic E-state index is 0.0753. The van der Waals surface area contributed by atoms with Crippen LogP contribution in [0.15, 0.2) is 14.3 Å². The fourth-order valence-corrected chi connectivity index (χ4v) is 3.45. The lowest BCUT2D eigenvalue weighted by atomic mass is 9.96. The second-order valence-corrected chi connectivity index (χ2v) is 8.18. The van der Waals surface area contributed by atoms with E-state index in [0.717, 1.165) is 19.7 Å². The Hall–Kier alpha value is 0.130. The maximum atomic E-state index is 12.1. The topological polar surface area (TPSA) is 20.3 Å². The molecule has 0 radical (unpaired) electrons. The lowest BCUT2D eigenvalue weighted by Crippen LogP contribution is -2.34. The highest BCUT2D eigenvalue weighted by atomic mass is 79.9. The smallest absolute Gasteiger partial charge is 0.263 e. The quantitative estimate of drug-likeness (QED) is 0.757. The van der Waals surface area contributed by atoms with Crippen LogP contribution in [-0.4, -0.2) is 24.4 Å². The molecule has 1 aromatic heterocycles. The number of thiophene rings is 1. The van der Waals surface area contributed by atoms with Gasteiger partial charge >= 0.3 is 0 Å². The van der Waals surface area contributed by atoms with Gasteiger partial charge in [-0.15, -0.1) is 11.3 Å². The molecule has 0 aromatic carbocycles. The molecule has 1 rings (SSSR count). The van der Waals surface area contributed by atoms with Gasteiger partial charge in [-0.1, -0.05) is 20.8 Å². The first-order chi connectivity index (χ1) is 7.20. The van der Waals surface area contributed by atoms with Crippen molar-refractivity contribution in [3.05, 3.63) is 19.2 Å². The molecule has 0 saturated heterocycles. The average Bonchev–Trinajstić information content (AvgIpc) is 2.43. The molecular weight excluding hydrogens is 354 g/mol. The largest absolute Gasteiger partial charge is 0.340 e. The summed E-state index contributed by atoms with van der Waals surface area (Å²) in [6.07, 6.45) is 0. The van der Waals surface area contributed by atoms with Crippen molar-refractivity contribution in [3.63, 3.8) is 0 Å². The standard InChI is InChI=1S/C11H15Br2NOS/c1-11(2,3)6-14(4)10(15)8-5-7(12)9(13)16-8/h5H,6H2,1-4H3. The number of carbonyl (C=O) groups is 1. The van der Waals surface area contributed by atoms with Gasteiger partial charge in [0.25, 0.3) is 5.91 Å². The van der Waals surface area contributed by atoms with Gasteiger partial charge in [-0.05, 0) is 43.3 Å². The predicted molar refractivity (Wildman–Crippen MR) is 76.1 cm³/mol. The predicted octanol–water partition coefficient (Wildman–Crippen LogP) is 4.39. The Morgan fingerprint density at radius 1 is 1.44 bits per heavy atom. The van der Waals surface area contributed by atoms with Gasteiger partial charge in [0, 0.05) is 18.1 Å². The van der Waals surface area contributed by atoms with Gasteiger partial charge in [0.1, 0.15) is 0 Å². The van der Waals surface area contributed by atoms with E-state index in [2.05, 4.69) is 52.6 Å². The summed E-state index contributed by atoms with van der Waals surface area (Å²) < 4.78 is 1.89. The van der Waals surface area contributed by atoms with Crippen LogP contribution in [0.1, 0.15) is 30.4 Å². The van der Waals surface area contributed by atoms with Crippen molar-refractivity contribution < 1.29 is 4.79 Å². The lowest BCUT2D eigenvalue weighted by molar-refractivity contribution is 0.0750. The van der Waals surface area contributed by atoms with Crippen molar-refractivity contribution in [2.24, 2.45) is 5.41 Å². The molecule has 0 aliphatic carbocycles. The van der Waals surface area contributed by atoms with Crippen LogP contribution < -0.4 is 0 Å². The van der Waals surface area contributed by atoms with E-state index in [1.807, 2.05) is 13.1 Å². The Labute approximate surface area is 117 Å². The maximum Gasteiger partial charge on any atom is 0.263 e. The Kier molecular flexibility index (Phi) is 4.60. The SMILES string of the molecule is CN(CC(C)(C)C)C(=O)c1cc(Br)c(Br)s1. The van der Waals surface area contributed by atoms with Gasteiger partial charge in [-0.25, -0.2) is 0 Å². The average molecular weight is 369 g/mol. The minimum Gasteiger partial charge on any atom is -0.340 e. The second kappa shape index (κ2) is 5.19. The summed E-state index contributed by atoms with van der Waals surface area (Å²) in [4.78, 5) is 14.6. The van der Waals surface area contributed by atoms with Crippen LogP contribution >= 0.6 is 43.2 Å². The third-order valence-electron chi connectivity index (χ3n) is 1.91. The molecule has 90 valence electrons. The van der Waals surface area contributed by atoms with Crippen molar-refractivity contribution in [1.29, 1.82) is 0 Å². The number of nitrogens with zero attached hydrogens (tertiary/aromatic N) is 1. The molecule has 0 fully saturated rings. The molecule has 1 aromatic rings. The van der Waals surface area contributed by atoms with Crippen molar-refractivity contribution in [2.45, 2.75) is 20.8 Å². The van der Waals surface area contributed by atoms with Gasteiger partial charge in [0.2, 0.25) is 0 Å². The highest BCUT2D eigenvalue weighted by Crippen LogP contribution is 2.33. The zero-order chi connectivity index (χ0) is 12.5. The van der Waals surface area contributed by atoms with E-state index >= 15 is 0 Å². The van der Waals surface area contributed by atoms with Crippen LogP contribution in [0.5, 0.6) is 0 Å². The normalized spacial score (nSPS) is 11.6. The number of rotatable bonds is 2. The summed E-state index contributed by atoms with van der Waals surface area (Å²) in [5.41, 5.74) is 0.121. The van der Waals surface area contributed by atoms with Gasteiger partial charge in [0.15, 0.2) is 0 Å². The lowest BCUT2D eigenvalue weighted by Gasteiger charge is -2.26. The van der Waals surface area contributed by atoms with Crippen LogP contribution in [0.3, 0.4) is 0 Å². The molecule has 2 nitrogen and oxygen atoms in total. The van der Waals surface area contributed by atoms with E-state index in [1.54, 1.807) is 4.90 Å². The van der Waals surface area contributed by atoms with Crippen LogP contribution in [0.2, 0.25) is 0 Å². The fourth-order valence-electron chi connectivity index (χ4n) is 1.42. The van der Waals surface area contributed by atoms with Crippen LogP contribution in [0.4, 0.5) is 0 Å². The molecule has 0 bridgehead atoms. The van der Waals surface area contributed by atoms with Crippen LogP contribution in [0.25, 0.3) is 0 Å². The molecule has 0 aliphatic rings. The summed E-state index contributed by atoms with van der Waals surface area (Å²) in [5, 5.41) is 0. The molecule has 1 heterocycles. The molecule has 0 spiro atoms. The first-order valence-corrected chi connectivity index (χ1v) is 7.31. The van der Waals surface area contributed by atoms with Gasteiger partial charge in [0.05, 0.1) is 8.66 Å². The van der Waals surface area contributed by atoms with E-state index < -0.39 is 0 Å². The molecule has 0 unspecified atom stereocenters. The molecule has 1 amide bonds. The van der Waals surface area contributed by atoms with Gasteiger partial charge < -0.3 is 4.90 Å². The molecule has 0 N–H and O–H groups in total. The number of amides is 1. The summed E-state index contributed by atoms with van der Waals surface area (Å²) in [7, 11) is 1.84. The van der Waals surface area contributed by atoms with Gasteiger partial charge in [-0.2, -0.15) is 0 Å². The summed E-state index contributed by atoms with van der Waals surface area (Å²) in [6, 6.07) is 1.86. The Morgan fingerprint density at radius 3 is 2.38 bits per heavy atom. The van der Waals surface area contributed by atoms with E-state index in [0.29, 0.717) is 0 Å². The third-order valence-corrected chi connectivity index (χ3v) is 5.16. The van der Waals surface area contributed by atoms with E-state index in [4.69, 9.17) is 0 Å². The molecule has 5 heteroatoms. The molecule has 16 heavy (non-hydrogen) atoms. The summed E-state index contributed by atoms with van der Waals surface area (Å²) in [5.74, 6) is 0.0753. The molecule has 0 saturated carbocycles. The highest BCUT2D eigenvalue weighted by molar-refractivity contribution is 9.13. The van der Waals surface area contributed by atoms with E-state index in [1.165, 1.54) is 11.3 Å². The zero-order valence-corrected chi connectivity index (χ0v) is 13.8. The van der Waals surface area contributed by atoms with Crippen molar-refractivity contribution in [3.8, 4) is 0 Å². The Bertz CT molecular complexity index is 376. The van der Waals surface area contributed by atoms with E-state index in [-0.39, 0.29) is 11.3 Å². The number of hydrogen-bond donors (Lipinski definition) is 0. The number of halogens is 2. The summed E-state index contributed by atoms with van der Waals surface area (Å²) >= 11 is 8.24. The van der Waals surface area contributed by atoms with Gasteiger partial charge in [-0.3, -0.25) is 4.79 Å². The second-order valence-electron chi connectivity index (χ2n) is 4.95. The molecule has 0 atom stereocenters. The minimum atomic E-state index is 0.0753. The molecule has 0 aliphatic heterocycles. The van der Waals surface area contributed by atoms with Crippen molar-refractivity contribution >= 4 is 49.1 Å². The maximum absolute atomic E-state index is 12.1. The first-order valence-electron chi connectivity index (χ1n) is 4.91. The third kappa shape index (κ3) is 3.86. The zero-order valence-electron chi connectivity index (χ0n) is 9.80. The first kappa shape index (κ1) is 14.2. The van der Waals surface area contributed by atoms with Crippen LogP contribution in [0, 0.1) is 5.41 Å².